The highest BCUT2D eigenvalue weighted by Crippen LogP contribution is 2.64. The maximum Gasteiger partial charge on any atom is 0.261 e. The van der Waals surface area contributed by atoms with Crippen LogP contribution in [0.1, 0.15) is 46.1 Å². The summed E-state index contributed by atoms with van der Waals surface area (Å²) in [6, 6.07) is 12.3. The molecule has 1 saturated heterocycles. The number of fused-ring (bicyclic) bond motifs is 3. The van der Waals surface area contributed by atoms with Crippen molar-refractivity contribution in [3.8, 4) is 11.6 Å². The first kappa shape index (κ1) is 29.6. The third-order valence-electron chi connectivity index (χ3n) is 11.0. The van der Waals surface area contributed by atoms with Crippen molar-refractivity contribution in [3.63, 3.8) is 0 Å². The normalized spacial score (nSPS) is 27.8. The first-order chi connectivity index (χ1) is 21.6. The van der Waals surface area contributed by atoms with Gasteiger partial charge in [-0.05, 0) is 91.2 Å². The van der Waals surface area contributed by atoms with Crippen LogP contribution in [0.15, 0.2) is 58.6 Å². The van der Waals surface area contributed by atoms with E-state index in [1.54, 1.807) is 22.8 Å². The van der Waals surface area contributed by atoms with Gasteiger partial charge in [-0.1, -0.05) is 32.9 Å². The van der Waals surface area contributed by atoms with E-state index in [1.807, 2.05) is 12.1 Å². The van der Waals surface area contributed by atoms with Crippen molar-refractivity contribution in [1.82, 2.24) is 34.9 Å². The summed E-state index contributed by atoms with van der Waals surface area (Å²) < 4.78 is 15.0. The van der Waals surface area contributed by atoms with Gasteiger partial charge < -0.3 is 16.0 Å². The molecule has 10 nitrogen and oxygen atoms in total. The van der Waals surface area contributed by atoms with Crippen LogP contribution in [0, 0.1) is 34.9 Å². The van der Waals surface area contributed by atoms with Crippen molar-refractivity contribution >= 4 is 22.5 Å². The van der Waals surface area contributed by atoms with Crippen LogP contribution < -0.4 is 16.6 Å². The van der Waals surface area contributed by atoms with E-state index in [0.29, 0.717) is 76.4 Å². The standard InChI is InChI=1S/C34H42FN9O/c1-19-15-25(27-17-26(19)34(27,3)4)29-20(2)37-12-14-43(29)33(36)40-23-9-10-24-28(16-23)41-31(30-38-18-39-42-30)44(32(24)45)13-11-21-5-7-22(35)8-6-21/h5-10,16,18-20,25-27,29,37H,11-15,17H2,1-4H3,(H2,36,40)(H,38,39,42)/t19-,20+,25?,26+,27-,29?/m1/s1. The summed E-state index contributed by atoms with van der Waals surface area (Å²) >= 11 is 0. The van der Waals surface area contributed by atoms with Gasteiger partial charge in [-0.3, -0.25) is 14.5 Å². The Morgan fingerprint density at radius 1 is 1.13 bits per heavy atom. The lowest BCUT2D eigenvalue weighted by Crippen LogP contribution is -2.68. The smallest absolute Gasteiger partial charge is 0.261 e. The molecule has 2 unspecified atom stereocenters. The molecule has 4 N–H and O–H groups in total. The zero-order valence-electron chi connectivity index (χ0n) is 26.4. The summed E-state index contributed by atoms with van der Waals surface area (Å²) in [6.45, 7) is 11.6. The number of aryl methyl sites for hydroxylation is 1. The molecular weight excluding hydrogens is 569 g/mol. The highest BCUT2D eigenvalue weighted by Gasteiger charge is 2.59. The second kappa shape index (κ2) is 11.3. The zero-order valence-corrected chi connectivity index (χ0v) is 26.4. The van der Waals surface area contributed by atoms with Crippen LogP contribution >= 0.6 is 0 Å². The number of aromatic nitrogens is 5. The number of nitrogens with two attached hydrogens (primary N) is 1. The molecular formula is C34H42FN9O. The summed E-state index contributed by atoms with van der Waals surface area (Å²) in [5, 5.41) is 11.0. The molecule has 8 rings (SSSR count). The zero-order chi connectivity index (χ0) is 31.5. The molecule has 4 aliphatic rings. The lowest BCUT2D eigenvalue weighted by atomic mass is 9.41. The van der Waals surface area contributed by atoms with Crippen LogP contribution in [0.4, 0.5) is 10.1 Å². The van der Waals surface area contributed by atoms with E-state index < -0.39 is 0 Å². The number of guanidine groups is 1. The van der Waals surface area contributed by atoms with Crippen molar-refractivity contribution in [2.45, 2.75) is 65.6 Å². The van der Waals surface area contributed by atoms with Crippen molar-refractivity contribution in [2.75, 3.05) is 13.1 Å². The molecule has 0 spiro atoms. The van der Waals surface area contributed by atoms with Crippen LogP contribution in [-0.4, -0.2) is 60.8 Å². The van der Waals surface area contributed by atoms with Gasteiger partial charge >= 0.3 is 0 Å². The average molecular weight is 612 g/mol. The van der Waals surface area contributed by atoms with E-state index in [4.69, 9.17) is 15.7 Å². The molecule has 236 valence electrons. The molecule has 1 aliphatic heterocycles. The number of hydrogen-bond acceptors (Lipinski definition) is 6. The topological polar surface area (TPSA) is 130 Å². The lowest BCUT2D eigenvalue weighted by Gasteiger charge is -2.65. The number of nitrogens with zero attached hydrogens (tertiary/aromatic N) is 6. The number of nitrogens with one attached hydrogen (secondary N) is 2. The summed E-state index contributed by atoms with van der Waals surface area (Å²) in [7, 11) is 0. The molecule has 0 radical (unpaired) electrons. The fourth-order valence-electron chi connectivity index (χ4n) is 8.71. The first-order valence-corrected chi connectivity index (χ1v) is 16.1. The number of aliphatic imine (C=N–C) groups is 1. The van der Waals surface area contributed by atoms with E-state index >= 15 is 0 Å². The minimum atomic E-state index is -0.296. The van der Waals surface area contributed by atoms with Gasteiger partial charge in [-0.2, -0.15) is 5.10 Å². The van der Waals surface area contributed by atoms with Gasteiger partial charge in [0, 0.05) is 31.7 Å². The van der Waals surface area contributed by atoms with E-state index in [1.165, 1.54) is 31.3 Å². The van der Waals surface area contributed by atoms with Crippen molar-refractivity contribution < 1.29 is 4.39 Å². The van der Waals surface area contributed by atoms with Gasteiger partial charge in [-0.25, -0.2) is 19.4 Å². The average Bonchev–Trinajstić information content (AvgIpc) is 3.55. The number of piperazine rings is 1. The molecule has 2 aromatic heterocycles. The van der Waals surface area contributed by atoms with E-state index in [0.717, 1.165) is 24.6 Å². The summed E-state index contributed by atoms with van der Waals surface area (Å²) in [6.07, 6.45) is 4.44. The fourth-order valence-corrected chi connectivity index (χ4v) is 8.71. The monoisotopic (exact) mass is 611 g/mol. The largest absolute Gasteiger partial charge is 0.369 e. The predicted molar refractivity (Wildman–Crippen MR) is 173 cm³/mol. The number of aromatic amines is 1. The molecule has 4 fully saturated rings. The molecule has 2 aromatic carbocycles. The fraction of sp³-hybridized carbons (Fsp3) is 0.500. The Bertz CT molecular complexity index is 1780. The molecule has 3 aliphatic carbocycles. The van der Waals surface area contributed by atoms with Crippen LogP contribution in [0.5, 0.6) is 0 Å². The molecule has 45 heavy (non-hydrogen) atoms. The number of H-pyrrole nitrogens is 1. The van der Waals surface area contributed by atoms with Crippen LogP contribution in [0.25, 0.3) is 22.6 Å². The Hall–Kier alpha value is -4.12. The number of hydrogen-bond donors (Lipinski definition) is 3. The minimum absolute atomic E-state index is 0.194. The van der Waals surface area contributed by atoms with Gasteiger partial charge in [0.05, 0.1) is 16.6 Å². The highest BCUT2D eigenvalue weighted by molar-refractivity contribution is 5.86. The van der Waals surface area contributed by atoms with E-state index in [-0.39, 0.29) is 17.4 Å². The third-order valence-corrected chi connectivity index (χ3v) is 11.0. The predicted octanol–water partition coefficient (Wildman–Crippen LogP) is 4.49. The Morgan fingerprint density at radius 3 is 2.64 bits per heavy atom. The number of benzene rings is 2. The van der Waals surface area contributed by atoms with E-state index in [2.05, 4.69) is 53.1 Å². The van der Waals surface area contributed by atoms with Gasteiger partial charge in [-0.15, -0.1) is 0 Å². The minimum Gasteiger partial charge on any atom is -0.369 e. The quantitative estimate of drug-likeness (QED) is 0.216. The Kier molecular flexibility index (Phi) is 7.46. The molecule has 0 amide bonds. The highest BCUT2D eigenvalue weighted by atomic mass is 19.1. The van der Waals surface area contributed by atoms with Gasteiger partial charge in [0.1, 0.15) is 12.1 Å². The summed E-state index contributed by atoms with van der Waals surface area (Å²) in [5.74, 6) is 3.72. The summed E-state index contributed by atoms with van der Waals surface area (Å²) in [5.41, 5.74) is 9.05. The van der Waals surface area contributed by atoms with Crippen molar-refractivity contribution in [3.05, 3.63) is 70.5 Å². The van der Waals surface area contributed by atoms with Crippen LogP contribution in [0.2, 0.25) is 0 Å². The molecule has 11 heteroatoms. The molecule has 3 saturated carbocycles. The lowest BCUT2D eigenvalue weighted by molar-refractivity contribution is -0.156. The van der Waals surface area contributed by atoms with Crippen LogP contribution in [-0.2, 0) is 13.0 Å². The third kappa shape index (κ3) is 5.20. The van der Waals surface area contributed by atoms with Gasteiger partial charge in [0.25, 0.3) is 5.56 Å². The molecule has 4 aromatic rings. The second-order valence-corrected chi connectivity index (χ2v) is 13.8. The Balaban J connectivity index is 1.21. The summed E-state index contributed by atoms with van der Waals surface area (Å²) in [4.78, 5) is 30.2. The Morgan fingerprint density at radius 2 is 1.93 bits per heavy atom. The number of rotatable bonds is 6. The Labute approximate surface area is 262 Å². The maximum atomic E-state index is 13.8. The van der Waals surface area contributed by atoms with Crippen LogP contribution in [0.3, 0.4) is 0 Å². The molecule has 6 atom stereocenters. The maximum absolute atomic E-state index is 13.8. The number of halogens is 1. The SMILES string of the molecule is C[C@@H]1NCCN(C(N)=Nc2ccc3c(=O)n(CCc4ccc(F)cc4)c(-c4ncn[nH]4)nc3c2)C1C1C[C@@H](C)[C@@H]2C[C@H]1C2(C)C. The molecule has 3 heterocycles. The van der Waals surface area contributed by atoms with Crippen molar-refractivity contribution in [1.29, 1.82) is 0 Å². The van der Waals surface area contributed by atoms with E-state index in [9.17, 15) is 9.18 Å². The van der Waals surface area contributed by atoms with Gasteiger partial charge in [0.15, 0.2) is 17.6 Å². The first-order valence-electron chi connectivity index (χ1n) is 16.1. The van der Waals surface area contributed by atoms with Gasteiger partial charge in [0.2, 0.25) is 0 Å². The van der Waals surface area contributed by atoms with Crippen molar-refractivity contribution in [2.24, 2.45) is 39.8 Å². The second-order valence-electron chi connectivity index (χ2n) is 13.8. The molecule has 2 bridgehead atoms.